The standard InChI is InChI=1S/C15H22O2S/c1-2-17-15(8-5-3-4-6-9-15)14(16)11-13-7-10-18-12-13/h7,10,12H,2-6,8-9,11H2,1H3. The van der Waals surface area contributed by atoms with Gasteiger partial charge in [-0.25, -0.2) is 0 Å². The van der Waals surface area contributed by atoms with Crippen LogP contribution in [0.1, 0.15) is 51.0 Å². The maximum atomic E-state index is 12.6. The number of ether oxygens (including phenoxy) is 1. The highest BCUT2D eigenvalue weighted by Crippen LogP contribution is 2.32. The average molecular weight is 266 g/mol. The zero-order chi connectivity index (χ0) is 12.8. The van der Waals surface area contributed by atoms with Crippen LogP contribution in [0.4, 0.5) is 0 Å². The maximum Gasteiger partial charge on any atom is 0.168 e. The molecule has 1 aliphatic rings. The third kappa shape index (κ3) is 3.21. The molecule has 0 aliphatic heterocycles. The van der Waals surface area contributed by atoms with Gasteiger partial charge in [-0.15, -0.1) is 0 Å². The van der Waals surface area contributed by atoms with Gasteiger partial charge in [0.05, 0.1) is 0 Å². The number of hydrogen-bond acceptors (Lipinski definition) is 3. The molecule has 0 amide bonds. The summed E-state index contributed by atoms with van der Waals surface area (Å²) < 4.78 is 5.91. The Balaban J connectivity index is 2.09. The molecule has 0 unspecified atom stereocenters. The summed E-state index contributed by atoms with van der Waals surface area (Å²) in [6.07, 6.45) is 7.06. The molecule has 100 valence electrons. The Hall–Kier alpha value is -0.670. The van der Waals surface area contributed by atoms with Crippen LogP contribution in [0.3, 0.4) is 0 Å². The molecule has 0 spiro atoms. The second-order valence-electron chi connectivity index (χ2n) is 5.07. The highest BCUT2D eigenvalue weighted by atomic mass is 32.1. The predicted molar refractivity (Wildman–Crippen MR) is 75.1 cm³/mol. The molecule has 1 aliphatic carbocycles. The second-order valence-corrected chi connectivity index (χ2v) is 5.85. The van der Waals surface area contributed by atoms with Gasteiger partial charge in [-0.2, -0.15) is 11.3 Å². The van der Waals surface area contributed by atoms with Crippen molar-refractivity contribution in [2.24, 2.45) is 0 Å². The van der Waals surface area contributed by atoms with Crippen LogP contribution in [0, 0.1) is 0 Å². The lowest BCUT2D eigenvalue weighted by Crippen LogP contribution is -2.42. The Morgan fingerprint density at radius 1 is 1.33 bits per heavy atom. The van der Waals surface area contributed by atoms with Crippen LogP contribution in [0.25, 0.3) is 0 Å². The molecule has 0 saturated heterocycles. The quantitative estimate of drug-likeness (QED) is 0.753. The highest BCUT2D eigenvalue weighted by Gasteiger charge is 2.38. The van der Waals surface area contributed by atoms with E-state index in [9.17, 15) is 4.79 Å². The van der Waals surface area contributed by atoms with E-state index in [1.54, 1.807) is 11.3 Å². The van der Waals surface area contributed by atoms with Gasteiger partial charge in [-0.1, -0.05) is 25.7 Å². The Morgan fingerprint density at radius 2 is 2.06 bits per heavy atom. The molecule has 1 fully saturated rings. The van der Waals surface area contributed by atoms with Gasteiger partial charge in [0.25, 0.3) is 0 Å². The number of ketones is 1. The Morgan fingerprint density at radius 3 is 2.61 bits per heavy atom. The first-order valence-electron chi connectivity index (χ1n) is 6.95. The zero-order valence-corrected chi connectivity index (χ0v) is 11.9. The monoisotopic (exact) mass is 266 g/mol. The molecule has 0 N–H and O–H groups in total. The molecule has 1 heterocycles. The average Bonchev–Trinajstić information content (AvgIpc) is 2.74. The van der Waals surface area contributed by atoms with Gasteiger partial charge >= 0.3 is 0 Å². The number of Topliss-reactive ketones (excluding diaryl/α,β-unsaturated/α-hetero) is 1. The molecule has 18 heavy (non-hydrogen) atoms. The van der Waals surface area contributed by atoms with Crippen molar-refractivity contribution in [1.29, 1.82) is 0 Å². The van der Waals surface area contributed by atoms with Crippen molar-refractivity contribution in [2.75, 3.05) is 6.61 Å². The van der Waals surface area contributed by atoms with Gasteiger partial charge in [0.2, 0.25) is 0 Å². The van der Waals surface area contributed by atoms with Crippen molar-refractivity contribution < 1.29 is 9.53 Å². The number of thiophene rings is 1. The van der Waals surface area contributed by atoms with E-state index in [1.165, 1.54) is 12.8 Å². The normalized spacial score (nSPS) is 19.4. The molecule has 2 rings (SSSR count). The minimum absolute atomic E-state index is 0.282. The van der Waals surface area contributed by atoms with Crippen LogP contribution in [-0.2, 0) is 16.0 Å². The topological polar surface area (TPSA) is 26.3 Å². The van der Waals surface area contributed by atoms with Crippen molar-refractivity contribution in [1.82, 2.24) is 0 Å². The Kier molecular flexibility index (Phi) is 4.95. The van der Waals surface area contributed by atoms with Crippen molar-refractivity contribution in [3.8, 4) is 0 Å². The third-order valence-electron chi connectivity index (χ3n) is 3.78. The van der Waals surface area contributed by atoms with E-state index < -0.39 is 5.60 Å². The van der Waals surface area contributed by atoms with E-state index in [2.05, 4.69) is 5.38 Å². The van der Waals surface area contributed by atoms with Crippen LogP contribution in [0.15, 0.2) is 16.8 Å². The third-order valence-corrected chi connectivity index (χ3v) is 4.52. The van der Waals surface area contributed by atoms with E-state index >= 15 is 0 Å². The summed E-state index contributed by atoms with van der Waals surface area (Å²) in [6, 6.07) is 2.04. The van der Waals surface area contributed by atoms with Crippen LogP contribution in [0.5, 0.6) is 0 Å². The van der Waals surface area contributed by atoms with Gasteiger partial charge in [0.1, 0.15) is 5.60 Å². The summed E-state index contributed by atoms with van der Waals surface area (Å²) in [7, 11) is 0. The molecular weight excluding hydrogens is 244 g/mol. The fraction of sp³-hybridized carbons (Fsp3) is 0.667. The SMILES string of the molecule is CCOC1(C(=O)Cc2ccsc2)CCCCCC1. The molecular formula is C15H22O2S. The lowest BCUT2D eigenvalue weighted by molar-refractivity contribution is -0.145. The second kappa shape index (κ2) is 6.48. The Labute approximate surface area is 113 Å². The highest BCUT2D eigenvalue weighted by molar-refractivity contribution is 7.08. The summed E-state index contributed by atoms with van der Waals surface area (Å²) in [5.41, 5.74) is 0.640. The first-order chi connectivity index (χ1) is 8.77. The first kappa shape index (κ1) is 13.8. The van der Waals surface area contributed by atoms with Crippen molar-refractivity contribution >= 4 is 17.1 Å². The predicted octanol–water partition coefficient (Wildman–Crippen LogP) is 3.99. The number of rotatable bonds is 5. The fourth-order valence-corrected chi connectivity index (χ4v) is 3.49. The summed E-state index contributed by atoms with van der Waals surface area (Å²) in [6.45, 7) is 2.62. The fourth-order valence-electron chi connectivity index (χ4n) is 2.82. The number of carbonyl (C=O) groups excluding carboxylic acids is 1. The molecule has 1 saturated carbocycles. The maximum absolute atomic E-state index is 12.6. The van der Waals surface area contributed by atoms with Gasteiger partial charge < -0.3 is 4.74 Å². The van der Waals surface area contributed by atoms with Crippen molar-refractivity contribution in [3.63, 3.8) is 0 Å². The van der Waals surface area contributed by atoms with Gasteiger partial charge in [-0.3, -0.25) is 4.79 Å². The first-order valence-corrected chi connectivity index (χ1v) is 7.89. The van der Waals surface area contributed by atoms with Crippen LogP contribution in [-0.4, -0.2) is 18.0 Å². The molecule has 2 nitrogen and oxygen atoms in total. The minimum atomic E-state index is -0.493. The molecule has 0 bridgehead atoms. The molecule has 0 atom stereocenters. The van der Waals surface area contributed by atoms with E-state index in [1.807, 2.05) is 18.4 Å². The van der Waals surface area contributed by atoms with Crippen LogP contribution >= 0.6 is 11.3 Å². The van der Waals surface area contributed by atoms with E-state index in [-0.39, 0.29) is 5.78 Å². The van der Waals surface area contributed by atoms with Crippen LogP contribution in [0.2, 0.25) is 0 Å². The van der Waals surface area contributed by atoms with E-state index in [0.29, 0.717) is 13.0 Å². The number of carbonyl (C=O) groups is 1. The minimum Gasteiger partial charge on any atom is -0.367 e. The van der Waals surface area contributed by atoms with Crippen molar-refractivity contribution in [2.45, 2.75) is 57.5 Å². The molecule has 0 aromatic carbocycles. The van der Waals surface area contributed by atoms with Gasteiger partial charge in [-0.05, 0) is 42.2 Å². The van der Waals surface area contributed by atoms with Gasteiger partial charge in [0.15, 0.2) is 5.78 Å². The van der Waals surface area contributed by atoms with E-state index in [0.717, 1.165) is 31.2 Å². The summed E-state index contributed by atoms with van der Waals surface area (Å²) >= 11 is 1.65. The summed E-state index contributed by atoms with van der Waals surface area (Å²) in [5, 5.41) is 4.09. The molecule has 3 heteroatoms. The van der Waals surface area contributed by atoms with Crippen LogP contribution < -0.4 is 0 Å². The van der Waals surface area contributed by atoms with Gasteiger partial charge in [0, 0.05) is 13.0 Å². The van der Waals surface area contributed by atoms with Crippen molar-refractivity contribution in [3.05, 3.63) is 22.4 Å². The molecule has 1 aromatic rings. The summed E-state index contributed by atoms with van der Waals surface area (Å²) in [4.78, 5) is 12.6. The lowest BCUT2D eigenvalue weighted by atomic mass is 9.86. The largest absolute Gasteiger partial charge is 0.367 e. The Bertz CT molecular complexity index is 362. The zero-order valence-electron chi connectivity index (χ0n) is 11.1. The molecule has 1 aromatic heterocycles. The number of hydrogen-bond donors (Lipinski definition) is 0. The smallest absolute Gasteiger partial charge is 0.168 e. The summed E-state index contributed by atoms with van der Waals surface area (Å²) in [5.74, 6) is 0.282. The molecule has 0 radical (unpaired) electrons. The van der Waals surface area contributed by atoms with E-state index in [4.69, 9.17) is 4.74 Å². The lowest BCUT2D eigenvalue weighted by Gasteiger charge is -2.31.